The summed E-state index contributed by atoms with van der Waals surface area (Å²) in [5.74, 6) is 1.76. The van der Waals surface area contributed by atoms with Crippen LogP contribution >= 0.6 is 0 Å². The molecule has 0 bridgehead atoms. The zero-order valence-corrected chi connectivity index (χ0v) is 13.6. The highest BCUT2D eigenvalue weighted by molar-refractivity contribution is 5.78. The first kappa shape index (κ1) is 15.1. The number of piperidine rings is 1. The maximum atomic E-state index is 12.4. The van der Waals surface area contributed by atoms with Gasteiger partial charge in [-0.25, -0.2) is 0 Å². The third-order valence-corrected chi connectivity index (χ3v) is 5.13. The van der Waals surface area contributed by atoms with Gasteiger partial charge in [-0.05, 0) is 32.2 Å². The predicted octanol–water partition coefficient (Wildman–Crippen LogP) is 0.651. The number of amides is 1. The van der Waals surface area contributed by atoms with Crippen LogP contribution in [0.5, 0.6) is 0 Å². The van der Waals surface area contributed by atoms with Gasteiger partial charge in [-0.1, -0.05) is 0 Å². The standard InChI is InChI=1S/C16H25N5O2/c22-15(20-6-8-23-9-7-20)11-19-5-1-2-13(10-19)16-18-17-12-21(16)14-3-4-14/h12-14H,1-11H2. The van der Waals surface area contributed by atoms with Crippen LogP contribution in [-0.2, 0) is 9.53 Å². The average molecular weight is 319 g/mol. The number of ether oxygens (including phenoxy) is 1. The second kappa shape index (κ2) is 6.57. The van der Waals surface area contributed by atoms with E-state index in [1.165, 1.54) is 12.8 Å². The highest BCUT2D eigenvalue weighted by Gasteiger charge is 2.32. The lowest BCUT2D eigenvalue weighted by Gasteiger charge is -2.34. The molecule has 7 nitrogen and oxygen atoms in total. The lowest BCUT2D eigenvalue weighted by molar-refractivity contribution is -0.136. The monoisotopic (exact) mass is 319 g/mol. The van der Waals surface area contributed by atoms with Crippen LogP contribution in [0.4, 0.5) is 0 Å². The van der Waals surface area contributed by atoms with E-state index in [-0.39, 0.29) is 5.91 Å². The third kappa shape index (κ3) is 3.40. The van der Waals surface area contributed by atoms with Gasteiger partial charge in [0.15, 0.2) is 0 Å². The molecular weight excluding hydrogens is 294 g/mol. The number of aromatic nitrogens is 3. The van der Waals surface area contributed by atoms with Gasteiger partial charge >= 0.3 is 0 Å². The normalized spacial score (nSPS) is 26.4. The Kier molecular flexibility index (Phi) is 4.31. The second-order valence-electron chi connectivity index (χ2n) is 6.90. The van der Waals surface area contributed by atoms with E-state index in [1.54, 1.807) is 0 Å². The van der Waals surface area contributed by atoms with Crippen LogP contribution in [0.1, 0.15) is 43.5 Å². The molecule has 3 heterocycles. The largest absolute Gasteiger partial charge is 0.378 e. The number of likely N-dealkylation sites (tertiary alicyclic amines) is 1. The summed E-state index contributed by atoms with van der Waals surface area (Å²) >= 11 is 0. The lowest BCUT2D eigenvalue weighted by Crippen LogP contribution is -2.47. The number of carbonyl (C=O) groups excluding carboxylic acids is 1. The first-order chi connectivity index (χ1) is 11.3. The van der Waals surface area contributed by atoms with E-state index in [2.05, 4.69) is 19.7 Å². The molecule has 1 aromatic rings. The van der Waals surface area contributed by atoms with Crippen LogP contribution in [0.2, 0.25) is 0 Å². The minimum Gasteiger partial charge on any atom is -0.378 e. The van der Waals surface area contributed by atoms with E-state index in [1.807, 2.05) is 11.2 Å². The topological polar surface area (TPSA) is 63.5 Å². The predicted molar refractivity (Wildman–Crippen MR) is 84.1 cm³/mol. The molecule has 1 saturated carbocycles. The van der Waals surface area contributed by atoms with Crippen LogP contribution in [-0.4, -0.2) is 76.4 Å². The Morgan fingerprint density at radius 1 is 1.22 bits per heavy atom. The van der Waals surface area contributed by atoms with Crippen LogP contribution in [0.25, 0.3) is 0 Å². The summed E-state index contributed by atoms with van der Waals surface area (Å²) in [7, 11) is 0. The SMILES string of the molecule is O=C(CN1CCCC(c2nncn2C2CC2)C1)N1CCOCC1. The quantitative estimate of drug-likeness (QED) is 0.815. The van der Waals surface area contributed by atoms with E-state index in [9.17, 15) is 4.79 Å². The molecule has 2 saturated heterocycles. The fourth-order valence-corrected chi connectivity index (χ4v) is 3.69. The van der Waals surface area contributed by atoms with E-state index >= 15 is 0 Å². The summed E-state index contributed by atoms with van der Waals surface area (Å²) in [6.45, 7) is 5.23. The van der Waals surface area contributed by atoms with Gasteiger partial charge in [0.05, 0.1) is 19.8 Å². The minimum atomic E-state index is 0.234. The van der Waals surface area contributed by atoms with E-state index in [0.717, 1.165) is 44.8 Å². The van der Waals surface area contributed by atoms with Crippen LogP contribution in [0.3, 0.4) is 0 Å². The van der Waals surface area contributed by atoms with Gasteiger partial charge in [-0.15, -0.1) is 10.2 Å². The number of hydrogen-bond acceptors (Lipinski definition) is 5. The van der Waals surface area contributed by atoms with Crippen molar-refractivity contribution in [2.45, 2.75) is 37.6 Å². The Morgan fingerprint density at radius 2 is 2.04 bits per heavy atom. The van der Waals surface area contributed by atoms with Gasteiger partial charge < -0.3 is 14.2 Å². The summed E-state index contributed by atoms with van der Waals surface area (Å²) in [4.78, 5) is 16.7. The fraction of sp³-hybridized carbons (Fsp3) is 0.812. The maximum Gasteiger partial charge on any atom is 0.236 e. The molecule has 1 atom stereocenters. The molecule has 2 aliphatic heterocycles. The van der Waals surface area contributed by atoms with E-state index in [0.29, 0.717) is 31.7 Å². The Morgan fingerprint density at radius 3 is 2.83 bits per heavy atom. The molecule has 1 amide bonds. The lowest BCUT2D eigenvalue weighted by atomic mass is 9.97. The first-order valence-corrected chi connectivity index (χ1v) is 8.78. The van der Waals surface area contributed by atoms with E-state index in [4.69, 9.17) is 4.74 Å². The molecule has 1 aromatic heterocycles. The zero-order valence-electron chi connectivity index (χ0n) is 13.6. The number of nitrogens with zero attached hydrogens (tertiary/aromatic N) is 5. The Hall–Kier alpha value is -1.47. The second-order valence-corrected chi connectivity index (χ2v) is 6.90. The molecule has 7 heteroatoms. The summed E-state index contributed by atoms with van der Waals surface area (Å²) in [5, 5.41) is 8.50. The highest BCUT2D eigenvalue weighted by Crippen LogP contribution is 2.38. The third-order valence-electron chi connectivity index (χ3n) is 5.13. The molecule has 0 radical (unpaired) electrons. The molecule has 0 aromatic carbocycles. The molecule has 126 valence electrons. The molecule has 3 fully saturated rings. The Bertz CT molecular complexity index is 550. The number of rotatable bonds is 4. The Labute approximate surface area is 136 Å². The fourth-order valence-electron chi connectivity index (χ4n) is 3.69. The van der Waals surface area contributed by atoms with Gasteiger partial charge in [0.1, 0.15) is 12.2 Å². The van der Waals surface area contributed by atoms with Crippen molar-refractivity contribution in [1.82, 2.24) is 24.6 Å². The zero-order chi connectivity index (χ0) is 15.6. The van der Waals surface area contributed by atoms with Crippen molar-refractivity contribution in [2.24, 2.45) is 0 Å². The average Bonchev–Trinajstić information content (AvgIpc) is 3.32. The van der Waals surface area contributed by atoms with Crippen molar-refractivity contribution < 1.29 is 9.53 Å². The molecule has 3 aliphatic rings. The molecule has 23 heavy (non-hydrogen) atoms. The van der Waals surface area contributed by atoms with Gasteiger partial charge in [-0.2, -0.15) is 0 Å². The number of morpholine rings is 1. The van der Waals surface area contributed by atoms with Crippen LogP contribution in [0.15, 0.2) is 6.33 Å². The van der Waals surface area contributed by atoms with Crippen molar-refractivity contribution in [1.29, 1.82) is 0 Å². The van der Waals surface area contributed by atoms with Crippen molar-refractivity contribution in [2.75, 3.05) is 45.9 Å². The van der Waals surface area contributed by atoms with Crippen LogP contribution < -0.4 is 0 Å². The molecule has 0 N–H and O–H groups in total. The first-order valence-electron chi connectivity index (χ1n) is 8.78. The summed E-state index contributed by atoms with van der Waals surface area (Å²) in [6, 6.07) is 0.616. The van der Waals surface area contributed by atoms with Crippen molar-refractivity contribution in [3.63, 3.8) is 0 Å². The van der Waals surface area contributed by atoms with Gasteiger partial charge in [0.2, 0.25) is 5.91 Å². The van der Waals surface area contributed by atoms with Crippen molar-refractivity contribution in [3.8, 4) is 0 Å². The summed E-state index contributed by atoms with van der Waals surface area (Å²) < 4.78 is 7.58. The van der Waals surface area contributed by atoms with Crippen molar-refractivity contribution in [3.05, 3.63) is 12.2 Å². The summed E-state index contributed by atoms with van der Waals surface area (Å²) in [6.07, 6.45) is 6.64. The van der Waals surface area contributed by atoms with Gasteiger partial charge in [-0.3, -0.25) is 9.69 Å². The summed E-state index contributed by atoms with van der Waals surface area (Å²) in [5.41, 5.74) is 0. The molecule has 1 unspecified atom stereocenters. The van der Waals surface area contributed by atoms with Gasteiger partial charge in [0, 0.05) is 31.6 Å². The maximum absolute atomic E-state index is 12.4. The molecule has 1 aliphatic carbocycles. The number of hydrogen-bond donors (Lipinski definition) is 0. The highest BCUT2D eigenvalue weighted by atomic mass is 16.5. The van der Waals surface area contributed by atoms with Crippen molar-refractivity contribution >= 4 is 5.91 Å². The Balaban J connectivity index is 1.37. The van der Waals surface area contributed by atoms with E-state index < -0.39 is 0 Å². The van der Waals surface area contributed by atoms with Crippen LogP contribution in [0, 0.1) is 0 Å². The van der Waals surface area contributed by atoms with Gasteiger partial charge in [0.25, 0.3) is 0 Å². The molecule has 0 spiro atoms. The molecular formula is C16H25N5O2. The number of carbonyl (C=O) groups is 1. The molecule has 4 rings (SSSR count). The minimum absolute atomic E-state index is 0.234. The smallest absolute Gasteiger partial charge is 0.236 e.